The zero-order valence-electron chi connectivity index (χ0n) is 20.9. The zero-order chi connectivity index (χ0) is 27.0. The van der Waals surface area contributed by atoms with Gasteiger partial charge >= 0.3 is 5.97 Å². The maximum absolute atomic E-state index is 13.1. The molecule has 0 rings (SSSR count). The number of carbonyl (C=O) groups is 5. The Balaban J connectivity index is 5.52. The van der Waals surface area contributed by atoms with Gasteiger partial charge in [-0.05, 0) is 56.6 Å². The van der Waals surface area contributed by atoms with Crippen LogP contribution in [0.15, 0.2) is 0 Å². The lowest BCUT2D eigenvalue weighted by Crippen LogP contribution is -2.58. The van der Waals surface area contributed by atoms with Gasteiger partial charge in [-0.1, -0.05) is 20.3 Å². The van der Waals surface area contributed by atoms with Gasteiger partial charge in [0.1, 0.15) is 18.1 Å². The molecule has 0 fully saturated rings. The first kappa shape index (κ1) is 32.6. The fourth-order valence-electron chi connectivity index (χ4n) is 3.18. The van der Waals surface area contributed by atoms with E-state index in [4.69, 9.17) is 17.2 Å². The van der Waals surface area contributed by atoms with Gasteiger partial charge in [0, 0.05) is 6.42 Å². The van der Waals surface area contributed by atoms with E-state index in [1.807, 2.05) is 13.2 Å². The van der Waals surface area contributed by atoms with Crippen LogP contribution >= 0.6 is 11.8 Å². The Hall–Kier alpha value is -2.38. The normalized spacial score (nSPS) is 15.2. The Bertz CT molecular complexity index is 710. The number of aliphatic carboxylic acids is 1. The molecule has 0 aromatic heterocycles. The SMILES string of the molecule is CCC(C)C(NC(=O)C(CCC(N)=O)NC(=O)C(N)CCSC)C(=O)NC(CCCCN)C(=O)O. The Labute approximate surface area is 211 Å². The summed E-state index contributed by atoms with van der Waals surface area (Å²) in [6.45, 7) is 3.97. The minimum absolute atomic E-state index is 0.0756. The quantitative estimate of drug-likeness (QED) is 0.105. The van der Waals surface area contributed by atoms with Crippen molar-refractivity contribution in [3.05, 3.63) is 0 Å². The van der Waals surface area contributed by atoms with E-state index in [2.05, 4.69) is 16.0 Å². The summed E-state index contributed by atoms with van der Waals surface area (Å²) >= 11 is 1.52. The van der Waals surface area contributed by atoms with Crippen LogP contribution in [-0.2, 0) is 24.0 Å². The Morgan fingerprint density at radius 2 is 1.54 bits per heavy atom. The lowest BCUT2D eigenvalue weighted by Gasteiger charge is -2.28. The van der Waals surface area contributed by atoms with Crippen molar-refractivity contribution < 1.29 is 29.1 Å². The molecule has 0 bridgehead atoms. The van der Waals surface area contributed by atoms with E-state index in [1.54, 1.807) is 6.92 Å². The summed E-state index contributed by atoms with van der Waals surface area (Å²) in [7, 11) is 0. The smallest absolute Gasteiger partial charge is 0.326 e. The summed E-state index contributed by atoms with van der Waals surface area (Å²) in [5.74, 6) is -3.42. The van der Waals surface area contributed by atoms with E-state index in [1.165, 1.54) is 11.8 Å². The number of hydrogen-bond donors (Lipinski definition) is 7. The zero-order valence-corrected chi connectivity index (χ0v) is 21.7. The first-order chi connectivity index (χ1) is 16.5. The highest BCUT2D eigenvalue weighted by Gasteiger charge is 2.32. The molecule has 5 unspecified atom stereocenters. The van der Waals surface area contributed by atoms with Gasteiger partial charge in [0.25, 0.3) is 0 Å². The minimum atomic E-state index is -1.18. The van der Waals surface area contributed by atoms with Gasteiger partial charge in [-0.3, -0.25) is 19.2 Å². The Morgan fingerprint density at radius 1 is 0.914 bits per heavy atom. The number of nitrogens with two attached hydrogens (primary N) is 3. The number of unbranched alkanes of at least 4 members (excludes halogenated alkanes) is 1. The molecule has 10 N–H and O–H groups in total. The molecule has 0 saturated carbocycles. The predicted molar refractivity (Wildman–Crippen MR) is 135 cm³/mol. The summed E-state index contributed by atoms with van der Waals surface area (Å²) in [6.07, 6.45) is 3.88. The third-order valence-corrected chi connectivity index (χ3v) is 6.28. The maximum atomic E-state index is 13.1. The van der Waals surface area contributed by atoms with Crippen LogP contribution in [-0.4, -0.2) is 77.4 Å². The lowest BCUT2D eigenvalue weighted by atomic mass is 9.96. The molecule has 13 heteroatoms. The van der Waals surface area contributed by atoms with Gasteiger partial charge in [-0.15, -0.1) is 0 Å². The van der Waals surface area contributed by atoms with Gasteiger partial charge in [0.15, 0.2) is 0 Å². The fourth-order valence-corrected chi connectivity index (χ4v) is 3.67. The topological polar surface area (TPSA) is 220 Å². The first-order valence-electron chi connectivity index (χ1n) is 11.8. The van der Waals surface area contributed by atoms with Gasteiger partial charge in [0.05, 0.1) is 6.04 Å². The molecule has 4 amide bonds. The molecule has 0 saturated heterocycles. The number of primary amides is 1. The molecule has 5 atom stereocenters. The van der Waals surface area contributed by atoms with Gasteiger partial charge in [-0.2, -0.15) is 11.8 Å². The largest absolute Gasteiger partial charge is 0.480 e. The Morgan fingerprint density at radius 3 is 2.06 bits per heavy atom. The number of nitrogens with one attached hydrogen (secondary N) is 3. The number of thioether (sulfide) groups is 1. The van der Waals surface area contributed by atoms with Crippen LogP contribution in [0.1, 0.15) is 58.8 Å². The second-order valence-electron chi connectivity index (χ2n) is 8.51. The number of hydrogen-bond acceptors (Lipinski definition) is 8. The van der Waals surface area contributed by atoms with Crippen molar-refractivity contribution in [2.24, 2.45) is 23.1 Å². The van der Waals surface area contributed by atoms with Crippen molar-refractivity contribution in [3.8, 4) is 0 Å². The second-order valence-corrected chi connectivity index (χ2v) is 9.50. The highest BCUT2D eigenvalue weighted by molar-refractivity contribution is 7.98. The van der Waals surface area contributed by atoms with Crippen molar-refractivity contribution in [2.75, 3.05) is 18.6 Å². The van der Waals surface area contributed by atoms with Crippen molar-refractivity contribution in [1.82, 2.24) is 16.0 Å². The van der Waals surface area contributed by atoms with Crippen LogP contribution in [0.4, 0.5) is 0 Å². The molecule has 0 aromatic carbocycles. The van der Waals surface area contributed by atoms with E-state index < -0.39 is 53.8 Å². The van der Waals surface area contributed by atoms with Gasteiger partial charge in [0.2, 0.25) is 23.6 Å². The average Bonchev–Trinajstić information content (AvgIpc) is 2.81. The van der Waals surface area contributed by atoms with Crippen LogP contribution in [0.25, 0.3) is 0 Å². The van der Waals surface area contributed by atoms with E-state index in [9.17, 15) is 29.1 Å². The van der Waals surface area contributed by atoms with Crippen LogP contribution in [0.5, 0.6) is 0 Å². The van der Waals surface area contributed by atoms with Crippen LogP contribution in [0.3, 0.4) is 0 Å². The van der Waals surface area contributed by atoms with Crippen molar-refractivity contribution >= 4 is 41.4 Å². The average molecular weight is 519 g/mol. The third-order valence-electron chi connectivity index (χ3n) is 5.64. The monoisotopic (exact) mass is 518 g/mol. The molecule has 0 radical (unpaired) electrons. The van der Waals surface area contributed by atoms with Crippen molar-refractivity contribution in [3.63, 3.8) is 0 Å². The number of carboxylic acid groups (broad SMARTS) is 1. The van der Waals surface area contributed by atoms with Crippen molar-refractivity contribution in [2.45, 2.75) is 83.0 Å². The molecule has 0 aliphatic carbocycles. The van der Waals surface area contributed by atoms with E-state index >= 15 is 0 Å². The molecule has 0 aromatic rings. The highest BCUT2D eigenvalue weighted by atomic mass is 32.2. The highest BCUT2D eigenvalue weighted by Crippen LogP contribution is 2.11. The molecule has 0 aliphatic heterocycles. The Kier molecular flexibility index (Phi) is 16.7. The summed E-state index contributed by atoms with van der Waals surface area (Å²) in [5.41, 5.74) is 16.5. The molecule has 0 heterocycles. The first-order valence-corrected chi connectivity index (χ1v) is 13.2. The van der Waals surface area contributed by atoms with E-state index in [-0.39, 0.29) is 25.2 Å². The summed E-state index contributed by atoms with van der Waals surface area (Å²) < 4.78 is 0. The van der Waals surface area contributed by atoms with Crippen molar-refractivity contribution in [1.29, 1.82) is 0 Å². The van der Waals surface area contributed by atoms with Crippen LogP contribution in [0, 0.1) is 5.92 Å². The fraction of sp³-hybridized carbons (Fsp3) is 0.773. The summed E-state index contributed by atoms with van der Waals surface area (Å²) in [5, 5.41) is 17.1. The van der Waals surface area contributed by atoms with E-state index in [0.717, 1.165) is 0 Å². The minimum Gasteiger partial charge on any atom is -0.480 e. The molecular formula is C22H42N6O6S. The number of carboxylic acids is 1. The molecule has 0 aliphatic rings. The van der Waals surface area contributed by atoms with Crippen LogP contribution < -0.4 is 33.2 Å². The molecule has 0 spiro atoms. The molecule has 35 heavy (non-hydrogen) atoms. The summed E-state index contributed by atoms with van der Waals surface area (Å²) in [6, 6.07) is -4.17. The molecular weight excluding hydrogens is 476 g/mol. The van der Waals surface area contributed by atoms with Gasteiger partial charge in [-0.25, -0.2) is 4.79 Å². The van der Waals surface area contributed by atoms with Gasteiger partial charge < -0.3 is 38.3 Å². The third kappa shape index (κ3) is 13.3. The standard InChI is InChI=1S/C22H42N6O6S/c1-4-13(2)18(21(32)27-16(22(33)34)7-5-6-11-23)28-20(31)15(8-9-17(25)29)26-19(30)14(24)10-12-35-3/h13-16,18H,4-12,23-24H2,1-3H3,(H2,25,29)(H,26,30)(H,27,32)(H,28,31)(H,33,34). The van der Waals surface area contributed by atoms with Crippen LogP contribution in [0.2, 0.25) is 0 Å². The van der Waals surface area contributed by atoms with E-state index in [0.29, 0.717) is 38.0 Å². The lowest BCUT2D eigenvalue weighted by molar-refractivity contribution is -0.143. The summed E-state index contributed by atoms with van der Waals surface area (Å²) in [4.78, 5) is 61.4. The predicted octanol–water partition coefficient (Wildman–Crippen LogP) is -0.954. The number of carbonyl (C=O) groups excluding carboxylic acids is 4. The molecule has 202 valence electrons. The second kappa shape index (κ2) is 18.0. The number of rotatable bonds is 19. The maximum Gasteiger partial charge on any atom is 0.326 e. The number of amides is 4. The molecule has 12 nitrogen and oxygen atoms in total.